The first-order chi connectivity index (χ1) is 17.0. The number of carbonyl (C=O) groups excluding carboxylic acids is 3. The molecule has 0 aliphatic carbocycles. The van der Waals surface area contributed by atoms with Crippen molar-refractivity contribution in [2.75, 3.05) is 11.1 Å². The van der Waals surface area contributed by atoms with Gasteiger partial charge in [-0.1, -0.05) is 35.9 Å². The van der Waals surface area contributed by atoms with Crippen LogP contribution in [0.1, 0.15) is 58.7 Å². The number of phenols is 1. The van der Waals surface area contributed by atoms with Crippen LogP contribution in [-0.2, 0) is 14.3 Å². The van der Waals surface area contributed by atoms with Crippen molar-refractivity contribution in [3.63, 3.8) is 0 Å². The number of nitrogens with one attached hydrogen (secondary N) is 2. The van der Waals surface area contributed by atoms with Crippen molar-refractivity contribution in [1.29, 1.82) is 0 Å². The summed E-state index contributed by atoms with van der Waals surface area (Å²) in [6, 6.07) is 9.06. The molecule has 2 rings (SSSR count). The number of rotatable bonds is 7. The molecule has 2 aromatic carbocycles. The fraction of sp³-hybridized carbons (Fsp3) is 0.444. The number of anilines is 1. The van der Waals surface area contributed by atoms with Crippen LogP contribution in [0.3, 0.4) is 0 Å². The summed E-state index contributed by atoms with van der Waals surface area (Å²) in [4.78, 5) is 41.7. The number of amides is 3. The maximum Gasteiger partial charge on any atom is 0.408 e. The smallest absolute Gasteiger partial charge is 0.408 e. The van der Waals surface area contributed by atoms with Crippen LogP contribution in [0.25, 0.3) is 0 Å². The fourth-order valence-corrected chi connectivity index (χ4v) is 4.22. The van der Waals surface area contributed by atoms with Crippen LogP contribution in [-0.4, -0.2) is 50.8 Å². The number of aryl methyl sites for hydroxylation is 1. The number of nitrogens with zero attached hydrogens (tertiary/aromatic N) is 1. The van der Waals surface area contributed by atoms with E-state index in [2.05, 4.69) is 23.3 Å². The molecule has 0 radical (unpaired) electrons. The number of para-hydroxylation sites is 1. The highest BCUT2D eigenvalue weighted by Gasteiger charge is 2.41. The predicted octanol–water partition coefficient (Wildman–Crippen LogP) is 5.48. The minimum Gasteiger partial charge on any atom is -0.508 e. The number of halogens is 1. The number of hydrogen-bond donors (Lipinski definition) is 4. The van der Waals surface area contributed by atoms with Crippen molar-refractivity contribution in [3.05, 3.63) is 58.6 Å². The number of ether oxygens (including phenoxy) is 1. The number of hydrogen-bond acceptors (Lipinski definition) is 6. The number of carbonyl (C=O) groups is 3. The van der Waals surface area contributed by atoms with Gasteiger partial charge in [-0.2, -0.15) is 12.6 Å². The van der Waals surface area contributed by atoms with Gasteiger partial charge in [0.05, 0.1) is 10.7 Å². The monoisotopic (exact) mass is 549 g/mol. The van der Waals surface area contributed by atoms with Gasteiger partial charge in [0.25, 0.3) is 5.91 Å². The average Bonchev–Trinajstić information content (AvgIpc) is 2.76. The molecular formula is C27H36ClN3O5S. The average molecular weight is 550 g/mol. The molecule has 2 atom stereocenters. The van der Waals surface area contributed by atoms with Crippen LogP contribution in [0.2, 0.25) is 5.02 Å². The van der Waals surface area contributed by atoms with E-state index in [1.165, 1.54) is 17.0 Å². The number of phenolic OH excluding ortho intramolecular Hbond substituents is 1. The first-order valence-electron chi connectivity index (χ1n) is 11.8. The predicted molar refractivity (Wildman–Crippen MR) is 149 cm³/mol. The quantitative estimate of drug-likeness (QED) is 0.342. The SMILES string of the molecule is Cc1cccc(Cl)c1NC(=O)C(c1ccc(O)cc1)N(C(=O)C(CS)NC(=O)OC(C)(C)C)C(C)(C)C. The van der Waals surface area contributed by atoms with Crippen LogP contribution in [0, 0.1) is 6.92 Å². The van der Waals surface area contributed by atoms with E-state index in [1.54, 1.807) is 65.8 Å². The number of alkyl carbamates (subject to hydrolysis) is 1. The molecule has 8 nitrogen and oxygen atoms in total. The normalized spacial score (nSPS) is 13.3. The number of aromatic hydroxyl groups is 1. The topological polar surface area (TPSA) is 108 Å². The highest BCUT2D eigenvalue weighted by atomic mass is 35.5. The fourth-order valence-electron chi connectivity index (χ4n) is 3.70. The summed E-state index contributed by atoms with van der Waals surface area (Å²) in [6.45, 7) is 12.3. The lowest BCUT2D eigenvalue weighted by atomic mass is 9.95. The molecular weight excluding hydrogens is 514 g/mol. The summed E-state index contributed by atoms with van der Waals surface area (Å²) in [5.74, 6) is -1.06. The van der Waals surface area contributed by atoms with E-state index in [0.717, 1.165) is 5.56 Å². The van der Waals surface area contributed by atoms with Crippen molar-refractivity contribution >= 4 is 47.8 Å². The first kappa shape index (κ1) is 30.3. The van der Waals surface area contributed by atoms with Gasteiger partial charge < -0.3 is 25.4 Å². The largest absolute Gasteiger partial charge is 0.508 e. The van der Waals surface area contributed by atoms with Crippen molar-refractivity contribution in [2.45, 2.75) is 71.7 Å². The Balaban J connectivity index is 2.56. The van der Waals surface area contributed by atoms with E-state index in [1.807, 2.05) is 13.0 Å². The highest BCUT2D eigenvalue weighted by Crippen LogP contribution is 2.33. The molecule has 10 heteroatoms. The molecule has 3 amide bonds. The molecule has 2 aromatic rings. The van der Waals surface area contributed by atoms with Crippen molar-refractivity contribution in [3.8, 4) is 5.75 Å². The molecule has 0 fully saturated rings. The zero-order chi connectivity index (χ0) is 28.1. The van der Waals surface area contributed by atoms with Gasteiger partial charge in [0, 0.05) is 11.3 Å². The third kappa shape index (κ3) is 8.30. The lowest BCUT2D eigenvalue weighted by Gasteiger charge is -2.43. The Morgan fingerprint density at radius 2 is 1.65 bits per heavy atom. The van der Waals surface area contributed by atoms with E-state index in [4.69, 9.17) is 16.3 Å². The molecule has 0 aliphatic rings. The van der Waals surface area contributed by atoms with Crippen molar-refractivity contribution in [1.82, 2.24) is 10.2 Å². The molecule has 202 valence electrons. The summed E-state index contributed by atoms with van der Waals surface area (Å²) in [7, 11) is 0. The Morgan fingerprint density at radius 1 is 1.05 bits per heavy atom. The third-order valence-corrected chi connectivity index (χ3v) is 6.00. The Kier molecular flexibility index (Phi) is 9.91. The molecule has 2 unspecified atom stereocenters. The second-order valence-electron chi connectivity index (χ2n) is 10.7. The van der Waals surface area contributed by atoms with E-state index >= 15 is 0 Å². The van der Waals surface area contributed by atoms with Crippen molar-refractivity contribution in [2.24, 2.45) is 0 Å². The van der Waals surface area contributed by atoms with E-state index in [0.29, 0.717) is 16.3 Å². The maximum atomic E-state index is 13.9. The van der Waals surface area contributed by atoms with Crippen molar-refractivity contribution < 1.29 is 24.2 Å². The minimum atomic E-state index is -1.13. The standard InChI is InChI=1S/C27H36ClN3O5S/c1-16-9-8-10-19(28)21(16)30-23(33)22(17-11-13-18(32)14-12-17)31(26(2,3)4)24(34)20(15-37)29-25(35)36-27(5,6)7/h8-14,20,22,32,37H,15H2,1-7H3,(H,29,35)(H,30,33). The molecule has 0 heterocycles. The first-order valence-corrected chi connectivity index (χ1v) is 12.8. The molecule has 0 saturated heterocycles. The summed E-state index contributed by atoms with van der Waals surface area (Å²) < 4.78 is 5.32. The molecule has 3 N–H and O–H groups in total. The van der Waals surface area contributed by atoms with E-state index in [9.17, 15) is 19.5 Å². The summed E-state index contributed by atoms with van der Waals surface area (Å²) in [6.07, 6.45) is -0.772. The number of benzene rings is 2. The molecule has 0 spiro atoms. The molecule has 0 bridgehead atoms. The molecule has 0 aromatic heterocycles. The van der Waals surface area contributed by atoms with Gasteiger partial charge in [0.2, 0.25) is 5.91 Å². The Hall–Kier alpha value is -2.91. The van der Waals surface area contributed by atoms with Gasteiger partial charge in [-0.3, -0.25) is 9.59 Å². The van der Waals surface area contributed by atoms with Gasteiger partial charge >= 0.3 is 6.09 Å². The van der Waals surface area contributed by atoms with E-state index < -0.39 is 41.1 Å². The number of thiol groups is 1. The summed E-state index contributed by atoms with van der Waals surface area (Å²) >= 11 is 10.7. The van der Waals surface area contributed by atoms with Gasteiger partial charge in [0.15, 0.2) is 0 Å². The zero-order valence-corrected chi connectivity index (χ0v) is 23.9. The Labute approximate surface area is 229 Å². The van der Waals surface area contributed by atoms with Crippen LogP contribution in [0.5, 0.6) is 5.75 Å². The van der Waals surface area contributed by atoms with E-state index in [-0.39, 0.29) is 11.5 Å². The van der Waals surface area contributed by atoms with Gasteiger partial charge in [-0.15, -0.1) is 0 Å². The Bertz CT molecular complexity index is 1110. The Morgan fingerprint density at radius 3 is 2.14 bits per heavy atom. The molecule has 0 aliphatic heterocycles. The third-order valence-electron chi connectivity index (χ3n) is 5.32. The second-order valence-corrected chi connectivity index (χ2v) is 11.4. The highest BCUT2D eigenvalue weighted by molar-refractivity contribution is 7.80. The van der Waals surface area contributed by atoms with Crippen LogP contribution >= 0.6 is 24.2 Å². The summed E-state index contributed by atoms with van der Waals surface area (Å²) in [5.41, 5.74) is -0.00289. The van der Waals surface area contributed by atoms with Gasteiger partial charge in [-0.25, -0.2) is 4.79 Å². The second kappa shape index (κ2) is 12.1. The molecule has 37 heavy (non-hydrogen) atoms. The van der Waals surface area contributed by atoms with Crippen LogP contribution in [0.15, 0.2) is 42.5 Å². The van der Waals surface area contributed by atoms with Crippen LogP contribution < -0.4 is 10.6 Å². The van der Waals surface area contributed by atoms with Gasteiger partial charge in [0.1, 0.15) is 23.4 Å². The maximum absolute atomic E-state index is 13.9. The van der Waals surface area contributed by atoms with Crippen LogP contribution in [0.4, 0.5) is 10.5 Å². The zero-order valence-electron chi connectivity index (χ0n) is 22.3. The van der Waals surface area contributed by atoms with Gasteiger partial charge in [-0.05, 0) is 77.8 Å². The minimum absolute atomic E-state index is 0.0123. The molecule has 0 saturated carbocycles. The lowest BCUT2D eigenvalue weighted by Crippen LogP contribution is -2.58. The summed E-state index contributed by atoms with van der Waals surface area (Å²) in [5, 5.41) is 15.6. The lowest BCUT2D eigenvalue weighted by molar-refractivity contribution is -0.146.